The zero-order chi connectivity index (χ0) is 23.6. The number of benzene rings is 3. The zero-order valence-electron chi connectivity index (χ0n) is 18.9. The maximum Gasteiger partial charge on any atom is 0.233 e. The van der Waals surface area contributed by atoms with Crippen LogP contribution >= 0.6 is 11.3 Å². The Balaban J connectivity index is 1.68. The van der Waals surface area contributed by atoms with Gasteiger partial charge in [-0.25, -0.2) is 13.4 Å². The summed E-state index contributed by atoms with van der Waals surface area (Å²) in [5, 5.41) is 0.666. The number of carbonyl (C=O) groups is 1. The summed E-state index contributed by atoms with van der Waals surface area (Å²) in [6, 6.07) is 22.5. The molecule has 1 aromatic heterocycles. The average Bonchev–Trinajstić information content (AvgIpc) is 3.21. The van der Waals surface area contributed by atoms with Crippen molar-refractivity contribution in [1.82, 2.24) is 4.98 Å². The molecular weight excluding hydrogens is 452 g/mol. The number of anilines is 1. The molecular formula is C26H26N2O3S2. The molecule has 4 rings (SSSR count). The number of sulfone groups is 1. The Morgan fingerprint density at radius 1 is 0.939 bits per heavy atom. The molecule has 33 heavy (non-hydrogen) atoms. The summed E-state index contributed by atoms with van der Waals surface area (Å²) < 4.78 is 24.5. The minimum absolute atomic E-state index is 0.0869. The third-order valence-electron chi connectivity index (χ3n) is 5.48. The number of fused-ring (bicyclic) bond motifs is 1. The van der Waals surface area contributed by atoms with Gasteiger partial charge in [-0.05, 0) is 40.8 Å². The van der Waals surface area contributed by atoms with Crippen molar-refractivity contribution >= 4 is 42.4 Å². The van der Waals surface area contributed by atoms with E-state index in [-0.39, 0.29) is 17.2 Å². The Kier molecular flexibility index (Phi) is 6.63. The molecule has 0 bridgehead atoms. The molecule has 1 amide bonds. The van der Waals surface area contributed by atoms with Gasteiger partial charge < -0.3 is 0 Å². The van der Waals surface area contributed by atoms with Crippen molar-refractivity contribution in [3.05, 3.63) is 89.5 Å². The first-order valence-electron chi connectivity index (χ1n) is 10.7. The lowest BCUT2D eigenvalue weighted by molar-refractivity contribution is -0.118. The van der Waals surface area contributed by atoms with Crippen LogP contribution in [0.5, 0.6) is 0 Å². The molecule has 0 fully saturated rings. The van der Waals surface area contributed by atoms with E-state index in [9.17, 15) is 13.2 Å². The zero-order valence-corrected chi connectivity index (χ0v) is 20.5. The van der Waals surface area contributed by atoms with E-state index in [0.717, 1.165) is 21.3 Å². The van der Waals surface area contributed by atoms with Gasteiger partial charge in [-0.15, -0.1) is 0 Å². The summed E-state index contributed by atoms with van der Waals surface area (Å²) in [6.45, 7) is 4.69. The standard InChI is InChI=1S/C26H26N2O3S2/c1-18(2)22-10-7-11-23-25(22)27-26(32-23)28(17-20-8-5-4-6-9-20)24(29)16-19-12-14-21(15-13-19)33(3,30)31/h4-15,18H,16-17H2,1-3H3. The lowest BCUT2D eigenvalue weighted by Crippen LogP contribution is -2.31. The van der Waals surface area contributed by atoms with E-state index in [1.54, 1.807) is 29.2 Å². The van der Waals surface area contributed by atoms with Crippen molar-refractivity contribution in [2.45, 2.75) is 37.6 Å². The predicted octanol–water partition coefficient (Wildman–Crippen LogP) is 5.60. The molecule has 170 valence electrons. The lowest BCUT2D eigenvalue weighted by Gasteiger charge is -2.20. The molecule has 0 radical (unpaired) electrons. The second kappa shape index (κ2) is 9.45. The van der Waals surface area contributed by atoms with E-state index < -0.39 is 9.84 Å². The number of para-hydroxylation sites is 1. The normalized spacial score (nSPS) is 11.8. The van der Waals surface area contributed by atoms with Crippen LogP contribution in [-0.2, 0) is 27.6 Å². The quantitative estimate of drug-likeness (QED) is 0.347. The fraction of sp³-hybridized carbons (Fsp3) is 0.231. The minimum Gasteiger partial charge on any atom is -0.283 e. The predicted molar refractivity (Wildman–Crippen MR) is 135 cm³/mol. The number of nitrogens with zero attached hydrogens (tertiary/aromatic N) is 2. The van der Waals surface area contributed by atoms with Crippen LogP contribution in [0.3, 0.4) is 0 Å². The van der Waals surface area contributed by atoms with E-state index >= 15 is 0 Å². The van der Waals surface area contributed by atoms with E-state index in [4.69, 9.17) is 4.98 Å². The van der Waals surface area contributed by atoms with Gasteiger partial charge in [0, 0.05) is 6.26 Å². The highest BCUT2D eigenvalue weighted by Crippen LogP contribution is 2.34. The Morgan fingerprint density at radius 2 is 1.64 bits per heavy atom. The molecule has 0 aliphatic carbocycles. The Morgan fingerprint density at radius 3 is 2.27 bits per heavy atom. The van der Waals surface area contributed by atoms with Crippen LogP contribution in [0.25, 0.3) is 10.2 Å². The van der Waals surface area contributed by atoms with E-state index in [0.29, 0.717) is 17.6 Å². The van der Waals surface area contributed by atoms with Crippen LogP contribution in [-0.4, -0.2) is 25.6 Å². The van der Waals surface area contributed by atoms with Crippen LogP contribution < -0.4 is 4.90 Å². The number of thiazole rings is 1. The third kappa shape index (κ3) is 5.31. The fourth-order valence-corrected chi connectivity index (χ4v) is 5.34. The highest BCUT2D eigenvalue weighted by molar-refractivity contribution is 7.90. The van der Waals surface area contributed by atoms with Gasteiger partial charge in [0.25, 0.3) is 0 Å². The number of hydrogen-bond acceptors (Lipinski definition) is 5. The Bertz CT molecular complexity index is 1380. The van der Waals surface area contributed by atoms with E-state index in [2.05, 4.69) is 19.9 Å². The molecule has 0 saturated carbocycles. The lowest BCUT2D eigenvalue weighted by atomic mass is 10.0. The number of hydrogen-bond donors (Lipinski definition) is 0. The molecule has 3 aromatic carbocycles. The summed E-state index contributed by atoms with van der Waals surface area (Å²) >= 11 is 1.52. The minimum atomic E-state index is -3.28. The molecule has 1 heterocycles. The van der Waals surface area contributed by atoms with Crippen LogP contribution in [0.2, 0.25) is 0 Å². The van der Waals surface area contributed by atoms with Gasteiger partial charge in [0.1, 0.15) is 0 Å². The number of rotatable bonds is 7. The second-order valence-corrected chi connectivity index (χ2v) is 11.4. The molecule has 0 unspecified atom stereocenters. The van der Waals surface area contributed by atoms with Crippen molar-refractivity contribution < 1.29 is 13.2 Å². The summed E-state index contributed by atoms with van der Waals surface area (Å²) in [5.41, 5.74) is 3.88. The summed E-state index contributed by atoms with van der Waals surface area (Å²) in [5.74, 6) is 0.242. The van der Waals surface area contributed by atoms with Crippen molar-refractivity contribution in [3.8, 4) is 0 Å². The van der Waals surface area contributed by atoms with Gasteiger partial charge in [-0.1, -0.05) is 79.8 Å². The maximum atomic E-state index is 13.5. The van der Waals surface area contributed by atoms with Crippen LogP contribution in [0.15, 0.2) is 77.7 Å². The molecule has 0 aliphatic heterocycles. The van der Waals surface area contributed by atoms with Crippen molar-refractivity contribution in [1.29, 1.82) is 0 Å². The van der Waals surface area contributed by atoms with Gasteiger partial charge >= 0.3 is 0 Å². The first-order valence-corrected chi connectivity index (χ1v) is 13.5. The van der Waals surface area contributed by atoms with Gasteiger partial charge in [0.05, 0.1) is 28.1 Å². The topological polar surface area (TPSA) is 67.3 Å². The molecule has 0 spiro atoms. The van der Waals surface area contributed by atoms with E-state index in [1.165, 1.54) is 23.2 Å². The van der Waals surface area contributed by atoms with Gasteiger partial charge in [0.15, 0.2) is 15.0 Å². The largest absolute Gasteiger partial charge is 0.283 e. The first kappa shape index (κ1) is 23.1. The third-order valence-corrected chi connectivity index (χ3v) is 7.66. The van der Waals surface area contributed by atoms with Gasteiger partial charge in [-0.3, -0.25) is 9.69 Å². The maximum absolute atomic E-state index is 13.5. The summed E-state index contributed by atoms with van der Waals surface area (Å²) in [7, 11) is -3.28. The molecule has 0 N–H and O–H groups in total. The highest BCUT2D eigenvalue weighted by atomic mass is 32.2. The SMILES string of the molecule is CC(C)c1cccc2sc(N(Cc3ccccc3)C(=O)Cc3ccc(S(C)(=O)=O)cc3)nc12. The molecule has 5 nitrogen and oxygen atoms in total. The highest BCUT2D eigenvalue weighted by Gasteiger charge is 2.22. The number of amides is 1. The first-order chi connectivity index (χ1) is 15.7. The monoisotopic (exact) mass is 478 g/mol. The van der Waals surface area contributed by atoms with Gasteiger partial charge in [-0.2, -0.15) is 0 Å². The fourth-order valence-electron chi connectivity index (χ4n) is 3.69. The Labute approximate surface area is 198 Å². The number of aromatic nitrogens is 1. The summed E-state index contributed by atoms with van der Waals surface area (Å²) in [6.07, 6.45) is 1.33. The second-order valence-electron chi connectivity index (χ2n) is 8.40. The molecule has 0 atom stereocenters. The smallest absolute Gasteiger partial charge is 0.233 e. The molecule has 4 aromatic rings. The van der Waals surface area contributed by atoms with E-state index in [1.807, 2.05) is 42.5 Å². The number of carbonyl (C=O) groups excluding carboxylic acids is 1. The average molecular weight is 479 g/mol. The van der Waals surface area contributed by atoms with Crippen LogP contribution in [0.4, 0.5) is 5.13 Å². The van der Waals surface area contributed by atoms with Crippen molar-refractivity contribution in [2.24, 2.45) is 0 Å². The van der Waals surface area contributed by atoms with Crippen molar-refractivity contribution in [3.63, 3.8) is 0 Å². The molecule has 0 saturated heterocycles. The summed E-state index contributed by atoms with van der Waals surface area (Å²) in [4.78, 5) is 20.3. The molecule has 7 heteroatoms. The Hall–Kier alpha value is -3.03. The van der Waals surface area contributed by atoms with Crippen LogP contribution in [0.1, 0.15) is 36.5 Å². The van der Waals surface area contributed by atoms with Crippen molar-refractivity contribution in [2.75, 3.05) is 11.2 Å². The van der Waals surface area contributed by atoms with Gasteiger partial charge in [0.2, 0.25) is 5.91 Å². The molecule has 0 aliphatic rings. The van der Waals surface area contributed by atoms with Crippen LogP contribution in [0, 0.1) is 0 Å².